The average molecular weight is 427 g/mol. The van der Waals surface area contributed by atoms with E-state index in [1.807, 2.05) is 0 Å². The molecule has 160 valence electrons. The number of carboxylic acids is 1. The molecule has 0 spiro atoms. The molecule has 2 aliphatic rings. The van der Waals surface area contributed by atoms with E-state index in [1.165, 1.54) is 28.6 Å². The van der Waals surface area contributed by atoms with Crippen molar-refractivity contribution in [2.24, 2.45) is 0 Å². The van der Waals surface area contributed by atoms with Crippen LogP contribution in [0.15, 0.2) is 70.9 Å². The van der Waals surface area contributed by atoms with Crippen molar-refractivity contribution in [3.05, 3.63) is 76.5 Å². The van der Waals surface area contributed by atoms with Crippen molar-refractivity contribution >= 4 is 23.3 Å². The maximum absolute atomic E-state index is 10.7. The number of allylic oxidation sites excluding steroid dienone is 5. The van der Waals surface area contributed by atoms with Crippen LogP contribution in [-0.4, -0.2) is 41.7 Å². The highest BCUT2D eigenvalue weighted by Crippen LogP contribution is 2.36. The lowest BCUT2D eigenvalue weighted by Crippen LogP contribution is -2.33. The molecule has 0 bridgehead atoms. The quantitative estimate of drug-likeness (QED) is 0.417. The molecule has 0 radical (unpaired) electrons. The van der Waals surface area contributed by atoms with Crippen LogP contribution in [0.5, 0.6) is 0 Å². The van der Waals surface area contributed by atoms with E-state index in [-0.39, 0.29) is 0 Å². The zero-order valence-electron chi connectivity index (χ0n) is 17.9. The van der Waals surface area contributed by atoms with Crippen molar-refractivity contribution in [1.29, 1.82) is 0 Å². The number of para-hydroxylation sites is 1. The number of benzene rings is 1. The number of carboxylic acid groups (broad SMARTS) is 1. The molecule has 1 N–H and O–H groups in total. The highest BCUT2D eigenvalue weighted by molar-refractivity contribution is 6.31. The minimum absolute atomic E-state index is 0.377. The van der Waals surface area contributed by atoms with E-state index < -0.39 is 5.97 Å². The van der Waals surface area contributed by atoms with E-state index >= 15 is 0 Å². The van der Waals surface area contributed by atoms with Gasteiger partial charge >= 0.3 is 5.97 Å². The Kier molecular flexibility index (Phi) is 7.94. The second-order valence-electron chi connectivity index (χ2n) is 8.07. The monoisotopic (exact) mass is 426 g/mol. The summed E-state index contributed by atoms with van der Waals surface area (Å²) in [4.78, 5) is 15.4. The van der Waals surface area contributed by atoms with Gasteiger partial charge in [-0.2, -0.15) is 0 Å². The second kappa shape index (κ2) is 10.6. The Morgan fingerprint density at radius 2 is 2.03 bits per heavy atom. The summed E-state index contributed by atoms with van der Waals surface area (Å²) in [6.07, 6.45) is 13.4. The summed E-state index contributed by atoms with van der Waals surface area (Å²) >= 11 is 6.37. The largest absolute Gasteiger partial charge is 0.478 e. The number of nitrogens with zero attached hydrogens (tertiary/aromatic N) is 2. The molecular weight excluding hydrogens is 396 g/mol. The molecule has 0 atom stereocenters. The Labute approximate surface area is 184 Å². The van der Waals surface area contributed by atoms with Gasteiger partial charge in [0, 0.05) is 41.6 Å². The molecule has 0 unspecified atom stereocenters. The molecule has 4 nitrogen and oxygen atoms in total. The molecule has 1 aromatic carbocycles. The van der Waals surface area contributed by atoms with Crippen LogP contribution < -0.4 is 4.90 Å². The number of anilines is 1. The van der Waals surface area contributed by atoms with Crippen LogP contribution in [0.1, 0.15) is 38.7 Å². The fraction of sp³-hybridized carbons (Fsp3) is 0.400. The average Bonchev–Trinajstić information content (AvgIpc) is 2.86. The molecule has 1 aliphatic carbocycles. The number of carbonyl (C=O) groups is 1. The van der Waals surface area contributed by atoms with Crippen LogP contribution in [0.4, 0.5) is 5.69 Å². The van der Waals surface area contributed by atoms with Gasteiger partial charge in [0.05, 0.1) is 0 Å². The molecule has 0 aromatic heterocycles. The summed E-state index contributed by atoms with van der Waals surface area (Å²) in [6, 6.07) is 9.00. The number of rotatable bonds is 9. The van der Waals surface area contributed by atoms with Gasteiger partial charge in [-0.15, -0.1) is 0 Å². The van der Waals surface area contributed by atoms with E-state index in [1.54, 1.807) is 6.08 Å². The van der Waals surface area contributed by atoms with Gasteiger partial charge in [0.25, 0.3) is 0 Å². The van der Waals surface area contributed by atoms with Crippen LogP contribution in [-0.2, 0) is 11.2 Å². The summed E-state index contributed by atoms with van der Waals surface area (Å²) < 4.78 is 0. The standard InChI is InChI=1S/C25H31ClN2O2/c1-19(2)27(16-7-10-25(29)30)15-5-6-17-28-23-9-4-3-8-20(23)11-12-21-13-14-22(26)18-24(21)28/h3-4,7-10,12,14,18-19H,5-6,11,13,15-17H2,1-2H3,(H,29,30)/b10-7+. The molecule has 1 aliphatic heterocycles. The van der Waals surface area contributed by atoms with Crippen molar-refractivity contribution in [2.75, 3.05) is 24.5 Å². The third-order valence-corrected chi connectivity index (χ3v) is 5.93. The fourth-order valence-electron chi connectivity index (χ4n) is 4.02. The van der Waals surface area contributed by atoms with Crippen molar-refractivity contribution in [3.8, 4) is 0 Å². The Bertz CT molecular complexity index is 883. The summed E-state index contributed by atoms with van der Waals surface area (Å²) in [5.41, 5.74) is 5.18. The van der Waals surface area contributed by atoms with Crippen LogP contribution in [0.25, 0.3) is 0 Å². The van der Waals surface area contributed by atoms with Gasteiger partial charge in [-0.3, -0.25) is 4.90 Å². The van der Waals surface area contributed by atoms with Gasteiger partial charge < -0.3 is 10.0 Å². The number of hydrogen-bond acceptors (Lipinski definition) is 3. The molecule has 0 saturated heterocycles. The summed E-state index contributed by atoms with van der Waals surface area (Å²) in [6.45, 7) is 6.84. The maximum atomic E-state index is 10.7. The third-order valence-electron chi connectivity index (χ3n) is 5.67. The molecule has 3 rings (SSSR count). The van der Waals surface area contributed by atoms with Gasteiger partial charge in [0.2, 0.25) is 0 Å². The Morgan fingerprint density at radius 1 is 1.23 bits per heavy atom. The molecule has 0 fully saturated rings. The lowest BCUT2D eigenvalue weighted by atomic mass is 10.0. The molecule has 0 amide bonds. The van der Waals surface area contributed by atoms with Gasteiger partial charge in [-0.05, 0) is 69.4 Å². The summed E-state index contributed by atoms with van der Waals surface area (Å²) in [7, 11) is 0. The van der Waals surface area contributed by atoms with E-state index in [0.717, 1.165) is 43.8 Å². The summed E-state index contributed by atoms with van der Waals surface area (Å²) in [5.74, 6) is -0.893. The van der Waals surface area contributed by atoms with Gasteiger partial charge in [-0.25, -0.2) is 4.79 Å². The SMILES string of the molecule is CC(C)N(C/C=C/C(=O)O)CCCCN1C2=CC(Cl)=CCC2=CCc2ccccc21. The minimum Gasteiger partial charge on any atom is -0.478 e. The van der Waals surface area contributed by atoms with Gasteiger partial charge in [-0.1, -0.05) is 48.0 Å². The molecule has 0 saturated carbocycles. The molecular formula is C25H31ClN2O2. The first-order chi connectivity index (χ1) is 14.5. The van der Waals surface area contributed by atoms with E-state index in [0.29, 0.717) is 12.6 Å². The first kappa shape index (κ1) is 22.4. The van der Waals surface area contributed by atoms with E-state index in [9.17, 15) is 4.79 Å². The van der Waals surface area contributed by atoms with Crippen molar-refractivity contribution in [2.45, 2.75) is 45.6 Å². The normalized spacial score (nSPS) is 16.2. The van der Waals surface area contributed by atoms with Crippen LogP contribution >= 0.6 is 11.6 Å². The van der Waals surface area contributed by atoms with Crippen molar-refractivity contribution < 1.29 is 9.90 Å². The van der Waals surface area contributed by atoms with Gasteiger partial charge in [0.15, 0.2) is 0 Å². The van der Waals surface area contributed by atoms with Crippen molar-refractivity contribution in [1.82, 2.24) is 4.90 Å². The topological polar surface area (TPSA) is 43.8 Å². The van der Waals surface area contributed by atoms with Crippen LogP contribution in [0.2, 0.25) is 0 Å². The fourth-order valence-corrected chi connectivity index (χ4v) is 4.20. The van der Waals surface area contributed by atoms with Gasteiger partial charge in [0.1, 0.15) is 0 Å². The lowest BCUT2D eigenvalue weighted by molar-refractivity contribution is -0.131. The molecule has 1 aromatic rings. The Balaban J connectivity index is 1.67. The number of aliphatic carboxylic acids is 1. The zero-order chi connectivity index (χ0) is 21.5. The number of halogens is 1. The highest BCUT2D eigenvalue weighted by atomic mass is 35.5. The van der Waals surface area contributed by atoms with E-state index in [2.05, 4.69) is 66.1 Å². The molecule has 5 heteroatoms. The van der Waals surface area contributed by atoms with Crippen LogP contribution in [0.3, 0.4) is 0 Å². The number of fused-ring (bicyclic) bond motifs is 2. The second-order valence-corrected chi connectivity index (χ2v) is 8.51. The molecule has 30 heavy (non-hydrogen) atoms. The van der Waals surface area contributed by atoms with Crippen LogP contribution in [0, 0.1) is 0 Å². The number of hydrogen-bond donors (Lipinski definition) is 1. The zero-order valence-corrected chi connectivity index (χ0v) is 18.6. The molecule has 1 heterocycles. The first-order valence-electron chi connectivity index (χ1n) is 10.7. The predicted molar refractivity (Wildman–Crippen MR) is 125 cm³/mol. The minimum atomic E-state index is -0.893. The third kappa shape index (κ3) is 5.87. The Hall–Kier alpha value is -2.30. The predicted octanol–water partition coefficient (Wildman–Crippen LogP) is 5.52. The lowest BCUT2D eigenvalue weighted by Gasteiger charge is -2.31. The smallest absolute Gasteiger partial charge is 0.328 e. The number of unbranched alkanes of at least 4 members (excludes halogenated alkanes) is 1. The first-order valence-corrected chi connectivity index (χ1v) is 11.1. The van der Waals surface area contributed by atoms with E-state index in [4.69, 9.17) is 16.7 Å². The Morgan fingerprint density at radius 3 is 2.80 bits per heavy atom. The summed E-state index contributed by atoms with van der Waals surface area (Å²) in [5, 5.41) is 9.61. The van der Waals surface area contributed by atoms with Crippen molar-refractivity contribution in [3.63, 3.8) is 0 Å². The highest BCUT2D eigenvalue weighted by Gasteiger charge is 2.23. The maximum Gasteiger partial charge on any atom is 0.328 e.